The second-order valence-corrected chi connectivity index (χ2v) is 5.11. The van der Waals surface area contributed by atoms with Gasteiger partial charge in [0.05, 0.1) is 6.61 Å². The predicted octanol–water partition coefficient (Wildman–Crippen LogP) is 4.11. The Kier molecular flexibility index (Phi) is 4.56. The van der Waals surface area contributed by atoms with E-state index in [4.69, 9.17) is 11.6 Å². The fourth-order valence-electron chi connectivity index (χ4n) is 2.19. The van der Waals surface area contributed by atoms with Crippen LogP contribution in [0.15, 0.2) is 42.5 Å². The van der Waals surface area contributed by atoms with E-state index in [1.54, 1.807) is 12.1 Å². The van der Waals surface area contributed by atoms with Crippen LogP contribution in [0.2, 0.25) is 5.02 Å². The Morgan fingerprint density at radius 1 is 1.21 bits per heavy atom. The Morgan fingerprint density at radius 2 is 1.95 bits per heavy atom. The molecule has 2 rings (SSSR count). The first-order valence-electron chi connectivity index (χ1n) is 6.22. The minimum atomic E-state index is -0.321. The van der Waals surface area contributed by atoms with E-state index in [1.165, 1.54) is 6.07 Å². The fourth-order valence-corrected chi connectivity index (χ4v) is 2.43. The van der Waals surface area contributed by atoms with Gasteiger partial charge in [0.25, 0.3) is 0 Å². The first-order valence-corrected chi connectivity index (χ1v) is 6.60. The fraction of sp³-hybridized carbons (Fsp3) is 0.250. The van der Waals surface area contributed by atoms with E-state index in [0.717, 1.165) is 11.1 Å². The third kappa shape index (κ3) is 3.34. The van der Waals surface area contributed by atoms with Crippen molar-refractivity contribution in [2.75, 3.05) is 6.61 Å². The number of aryl methyl sites for hydroxylation is 1. The molecule has 2 aromatic carbocycles. The quantitative estimate of drug-likeness (QED) is 0.892. The molecule has 0 fully saturated rings. The van der Waals surface area contributed by atoms with Crippen molar-refractivity contribution in [3.05, 3.63) is 70.0 Å². The Morgan fingerprint density at radius 3 is 2.58 bits per heavy atom. The lowest BCUT2D eigenvalue weighted by atomic mass is 9.91. The van der Waals surface area contributed by atoms with Crippen LogP contribution in [0, 0.1) is 12.7 Å². The molecular formula is C16H16ClFO. The van der Waals surface area contributed by atoms with E-state index >= 15 is 0 Å². The van der Waals surface area contributed by atoms with Crippen molar-refractivity contribution in [2.45, 2.75) is 19.3 Å². The monoisotopic (exact) mass is 278 g/mol. The molecule has 19 heavy (non-hydrogen) atoms. The summed E-state index contributed by atoms with van der Waals surface area (Å²) in [5, 5.41) is 9.96. The molecule has 100 valence electrons. The molecule has 0 aliphatic heterocycles. The van der Waals surface area contributed by atoms with Crippen molar-refractivity contribution in [2.24, 2.45) is 0 Å². The maximum atomic E-state index is 13.8. The maximum Gasteiger partial charge on any atom is 0.127 e. The van der Waals surface area contributed by atoms with Gasteiger partial charge in [0.15, 0.2) is 0 Å². The highest BCUT2D eigenvalue weighted by Gasteiger charge is 2.16. The molecule has 0 aromatic heterocycles. The van der Waals surface area contributed by atoms with Crippen LogP contribution < -0.4 is 0 Å². The van der Waals surface area contributed by atoms with Crippen molar-refractivity contribution in [1.29, 1.82) is 0 Å². The molecule has 0 saturated heterocycles. The number of hydrogen-bond donors (Lipinski definition) is 1. The number of halogens is 2. The van der Waals surface area contributed by atoms with Gasteiger partial charge in [0, 0.05) is 16.5 Å². The van der Waals surface area contributed by atoms with Crippen LogP contribution in [-0.2, 0) is 6.42 Å². The molecular weight excluding hydrogens is 263 g/mol. The minimum absolute atomic E-state index is 0.0336. The molecule has 0 saturated carbocycles. The molecule has 1 N–H and O–H groups in total. The summed E-state index contributed by atoms with van der Waals surface area (Å²) >= 11 is 6.03. The Hall–Kier alpha value is -1.38. The summed E-state index contributed by atoms with van der Waals surface area (Å²) in [5.74, 6) is -0.465. The van der Waals surface area contributed by atoms with Crippen molar-refractivity contribution in [1.82, 2.24) is 0 Å². The van der Waals surface area contributed by atoms with Crippen molar-refractivity contribution >= 4 is 11.6 Å². The van der Waals surface area contributed by atoms with E-state index in [1.807, 2.05) is 31.2 Å². The van der Waals surface area contributed by atoms with Crippen molar-refractivity contribution in [3.63, 3.8) is 0 Å². The highest BCUT2D eigenvalue weighted by molar-refractivity contribution is 6.31. The zero-order valence-corrected chi connectivity index (χ0v) is 11.5. The summed E-state index contributed by atoms with van der Waals surface area (Å²) in [4.78, 5) is 0. The summed E-state index contributed by atoms with van der Waals surface area (Å²) < 4.78 is 13.8. The Balaban J connectivity index is 2.29. The Labute approximate surface area is 117 Å². The van der Waals surface area contributed by atoms with Crippen LogP contribution in [0.5, 0.6) is 0 Å². The molecule has 1 unspecified atom stereocenters. The standard InChI is InChI=1S/C16H16ClFO/c1-11-4-2-5-12(8-11)13(10-19)9-14-15(17)6-3-7-16(14)18/h2-8,13,19H,9-10H2,1H3. The average Bonchev–Trinajstić information content (AvgIpc) is 2.38. The lowest BCUT2D eigenvalue weighted by Gasteiger charge is -2.16. The number of hydrogen-bond acceptors (Lipinski definition) is 1. The molecule has 0 amide bonds. The van der Waals surface area contributed by atoms with Gasteiger partial charge in [-0.05, 0) is 31.0 Å². The van der Waals surface area contributed by atoms with E-state index in [0.29, 0.717) is 17.0 Å². The van der Waals surface area contributed by atoms with Gasteiger partial charge in [0.2, 0.25) is 0 Å². The molecule has 2 aromatic rings. The van der Waals surface area contributed by atoms with Gasteiger partial charge in [-0.3, -0.25) is 0 Å². The highest BCUT2D eigenvalue weighted by Crippen LogP contribution is 2.27. The molecule has 0 bridgehead atoms. The zero-order chi connectivity index (χ0) is 13.8. The number of aliphatic hydroxyl groups is 1. The topological polar surface area (TPSA) is 20.2 Å². The van der Waals surface area contributed by atoms with Gasteiger partial charge in [-0.15, -0.1) is 0 Å². The molecule has 0 aliphatic carbocycles. The first kappa shape index (κ1) is 14.0. The third-order valence-electron chi connectivity index (χ3n) is 3.25. The number of aliphatic hydroxyl groups excluding tert-OH is 1. The summed E-state index contributed by atoms with van der Waals surface area (Å²) in [5.41, 5.74) is 2.59. The van der Waals surface area contributed by atoms with Crippen molar-refractivity contribution in [3.8, 4) is 0 Å². The second-order valence-electron chi connectivity index (χ2n) is 4.70. The van der Waals surface area contributed by atoms with Gasteiger partial charge >= 0.3 is 0 Å². The van der Waals surface area contributed by atoms with Gasteiger partial charge in [-0.25, -0.2) is 4.39 Å². The van der Waals surface area contributed by atoms with Crippen LogP contribution in [0.25, 0.3) is 0 Å². The zero-order valence-electron chi connectivity index (χ0n) is 10.7. The molecule has 0 radical (unpaired) electrons. The van der Waals surface area contributed by atoms with E-state index < -0.39 is 0 Å². The molecule has 0 heterocycles. The largest absolute Gasteiger partial charge is 0.396 e. The van der Waals surface area contributed by atoms with Gasteiger partial charge in [0.1, 0.15) is 5.82 Å². The van der Waals surface area contributed by atoms with Crippen LogP contribution >= 0.6 is 11.6 Å². The van der Waals surface area contributed by atoms with E-state index in [9.17, 15) is 9.50 Å². The van der Waals surface area contributed by atoms with Crippen LogP contribution in [-0.4, -0.2) is 11.7 Å². The summed E-state index contributed by atoms with van der Waals surface area (Å²) in [7, 11) is 0. The highest BCUT2D eigenvalue weighted by atomic mass is 35.5. The lowest BCUT2D eigenvalue weighted by molar-refractivity contribution is 0.263. The van der Waals surface area contributed by atoms with Crippen LogP contribution in [0.1, 0.15) is 22.6 Å². The smallest absolute Gasteiger partial charge is 0.127 e. The number of benzene rings is 2. The lowest BCUT2D eigenvalue weighted by Crippen LogP contribution is -2.09. The average molecular weight is 279 g/mol. The molecule has 3 heteroatoms. The minimum Gasteiger partial charge on any atom is -0.396 e. The predicted molar refractivity (Wildman–Crippen MR) is 76.1 cm³/mol. The molecule has 1 atom stereocenters. The van der Waals surface area contributed by atoms with Gasteiger partial charge in [-0.1, -0.05) is 47.5 Å². The summed E-state index contributed by atoms with van der Waals surface area (Å²) in [6, 6.07) is 12.5. The second kappa shape index (κ2) is 6.18. The first-order chi connectivity index (χ1) is 9.11. The van der Waals surface area contributed by atoms with E-state index in [2.05, 4.69) is 0 Å². The van der Waals surface area contributed by atoms with E-state index in [-0.39, 0.29) is 18.3 Å². The SMILES string of the molecule is Cc1cccc(C(CO)Cc2c(F)cccc2Cl)c1. The van der Waals surface area contributed by atoms with Crippen LogP contribution in [0.4, 0.5) is 4.39 Å². The molecule has 1 nitrogen and oxygen atoms in total. The maximum absolute atomic E-state index is 13.8. The molecule has 0 aliphatic rings. The molecule has 0 spiro atoms. The van der Waals surface area contributed by atoms with Gasteiger partial charge < -0.3 is 5.11 Å². The summed E-state index contributed by atoms with van der Waals surface area (Å²) in [6.07, 6.45) is 0.394. The number of rotatable bonds is 4. The normalized spacial score (nSPS) is 12.4. The van der Waals surface area contributed by atoms with Crippen LogP contribution in [0.3, 0.4) is 0 Å². The summed E-state index contributed by atoms with van der Waals surface area (Å²) in [6.45, 7) is 1.96. The third-order valence-corrected chi connectivity index (χ3v) is 3.60. The Bertz CT molecular complexity index is 548. The van der Waals surface area contributed by atoms with Gasteiger partial charge in [-0.2, -0.15) is 0 Å². The van der Waals surface area contributed by atoms with Crippen molar-refractivity contribution < 1.29 is 9.50 Å².